The van der Waals surface area contributed by atoms with Crippen molar-refractivity contribution < 1.29 is 9.53 Å². The summed E-state index contributed by atoms with van der Waals surface area (Å²) < 4.78 is 5.28. The summed E-state index contributed by atoms with van der Waals surface area (Å²) in [6.45, 7) is 5.42. The average molecular weight is 325 g/mol. The van der Waals surface area contributed by atoms with Crippen LogP contribution in [0.25, 0.3) is 11.3 Å². The summed E-state index contributed by atoms with van der Waals surface area (Å²) in [4.78, 5) is 21.3. The monoisotopic (exact) mass is 325 g/mol. The molecule has 1 aliphatic heterocycles. The van der Waals surface area contributed by atoms with E-state index < -0.39 is 0 Å². The van der Waals surface area contributed by atoms with Gasteiger partial charge in [0.15, 0.2) is 0 Å². The Hall–Kier alpha value is -2.27. The third kappa shape index (κ3) is 3.97. The quantitative estimate of drug-likeness (QED) is 0.918. The summed E-state index contributed by atoms with van der Waals surface area (Å²) >= 11 is 0. The van der Waals surface area contributed by atoms with Gasteiger partial charge in [-0.3, -0.25) is 4.79 Å². The van der Waals surface area contributed by atoms with Crippen LogP contribution in [0.2, 0.25) is 0 Å². The van der Waals surface area contributed by atoms with Crippen LogP contribution in [-0.4, -0.2) is 35.1 Å². The fraction of sp³-hybridized carbons (Fsp3) is 0.421. The van der Waals surface area contributed by atoms with Gasteiger partial charge in [0.05, 0.1) is 18.3 Å². The molecule has 1 aromatic carbocycles. The Labute approximate surface area is 142 Å². The van der Waals surface area contributed by atoms with Crippen LogP contribution < -0.4 is 5.32 Å². The predicted octanol–water partition coefficient (Wildman–Crippen LogP) is 2.92. The van der Waals surface area contributed by atoms with Gasteiger partial charge in [-0.1, -0.05) is 19.1 Å². The van der Waals surface area contributed by atoms with E-state index in [0.29, 0.717) is 12.2 Å². The van der Waals surface area contributed by atoms with E-state index in [4.69, 9.17) is 4.74 Å². The van der Waals surface area contributed by atoms with Crippen LogP contribution in [0.5, 0.6) is 0 Å². The number of benzene rings is 1. The Balaban J connectivity index is 1.75. The molecule has 0 aliphatic carbocycles. The van der Waals surface area contributed by atoms with Crippen molar-refractivity contribution in [3.05, 3.63) is 47.4 Å². The topological polar surface area (TPSA) is 64.1 Å². The molecule has 1 aliphatic rings. The number of aryl methyl sites for hydroxylation is 2. The lowest BCUT2D eigenvalue weighted by Gasteiger charge is -2.11. The first-order valence-corrected chi connectivity index (χ1v) is 8.49. The Morgan fingerprint density at radius 3 is 2.75 bits per heavy atom. The zero-order valence-electron chi connectivity index (χ0n) is 14.2. The van der Waals surface area contributed by atoms with Gasteiger partial charge in [-0.05, 0) is 38.0 Å². The summed E-state index contributed by atoms with van der Waals surface area (Å²) in [7, 11) is 0. The van der Waals surface area contributed by atoms with Crippen molar-refractivity contribution in [1.29, 1.82) is 0 Å². The van der Waals surface area contributed by atoms with E-state index >= 15 is 0 Å². The summed E-state index contributed by atoms with van der Waals surface area (Å²) in [6, 6.07) is 9.67. The van der Waals surface area contributed by atoms with Gasteiger partial charge in [-0.25, -0.2) is 9.97 Å². The third-order valence-corrected chi connectivity index (χ3v) is 4.08. The molecule has 24 heavy (non-hydrogen) atoms. The first kappa shape index (κ1) is 16.6. The van der Waals surface area contributed by atoms with Gasteiger partial charge in [-0.2, -0.15) is 0 Å². The molecule has 1 unspecified atom stereocenters. The fourth-order valence-electron chi connectivity index (χ4n) is 2.82. The Morgan fingerprint density at radius 2 is 2.08 bits per heavy atom. The highest BCUT2D eigenvalue weighted by atomic mass is 16.5. The van der Waals surface area contributed by atoms with Gasteiger partial charge in [-0.15, -0.1) is 0 Å². The van der Waals surface area contributed by atoms with Gasteiger partial charge < -0.3 is 10.1 Å². The Kier molecular flexibility index (Phi) is 5.20. The maximum atomic E-state index is 12.2. The van der Waals surface area contributed by atoms with E-state index in [0.717, 1.165) is 48.6 Å². The second kappa shape index (κ2) is 7.53. The van der Waals surface area contributed by atoms with Crippen LogP contribution in [0.3, 0.4) is 0 Å². The zero-order chi connectivity index (χ0) is 16.9. The lowest BCUT2D eigenvalue weighted by molar-refractivity contribution is 0.0930. The van der Waals surface area contributed by atoms with Crippen LogP contribution in [0.4, 0.5) is 0 Å². The van der Waals surface area contributed by atoms with Crippen molar-refractivity contribution in [3.8, 4) is 11.3 Å². The molecule has 3 rings (SSSR count). The van der Waals surface area contributed by atoms with Crippen molar-refractivity contribution in [2.24, 2.45) is 0 Å². The number of rotatable bonds is 5. The summed E-state index contributed by atoms with van der Waals surface area (Å²) in [6.07, 6.45) is 2.77. The molecule has 1 atom stereocenters. The highest BCUT2D eigenvalue weighted by Gasteiger charge is 2.18. The minimum Gasteiger partial charge on any atom is -0.379 e. The molecule has 1 amide bonds. The van der Waals surface area contributed by atoms with Crippen LogP contribution >= 0.6 is 0 Å². The van der Waals surface area contributed by atoms with Gasteiger partial charge in [0, 0.05) is 29.8 Å². The number of nitrogens with zero attached hydrogens (tertiary/aromatic N) is 2. The molecular weight excluding hydrogens is 302 g/mol. The minimum absolute atomic E-state index is 0.0532. The van der Waals surface area contributed by atoms with Crippen molar-refractivity contribution in [2.75, 3.05) is 13.2 Å². The molecule has 0 saturated carbocycles. The molecule has 0 radical (unpaired) electrons. The molecule has 0 bridgehead atoms. The molecule has 1 saturated heterocycles. The smallest absolute Gasteiger partial charge is 0.251 e. The van der Waals surface area contributed by atoms with Crippen LogP contribution in [-0.2, 0) is 11.2 Å². The average Bonchev–Trinajstić information content (AvgIpc) is 3.08. The van der Waals surface area contributed by atoms with Gasteiger partial charge >= 0.3 is 0 Å². The number of ether oxygens (including phenoxy) is 1. The largest absolute Gasteiger partial charge is 0.379 e. The van der Waals surface area contributed by atoms with E-state index in [2.05, 4.69) is 22.2 Å². The summed E-state index contributed by atoms with van der Waals surface area (Å²) in [5, 5.41) is 3.00. The van der Waals surface area contributed by atoms with Crippen LogP contribution in [0.1, 0.15) is 41.6 Å². The maximum Gasteiger partial charge on any atom is 0.251 e. The molecule has 1 fully saturated rings. The van der Waals surface area contributed by atoms with Crippen LogP contribution in [0, 0.1) is 6.92 Å². The highest BCUT2D eigenvalue weighted by molar-refractivity contribution is 5.94. The lowest BCUT2D eigenvalue weighted by Crippen LogP contribution is -2.34. The van der Waals surface area contributed by atoms with Crippen molar-refractivity contribution in [2.45, 2.75) is 39.2 Å². The molecule has 5 nitrogen and oxygen atoms in total. The standard InChI is InChI=1S/C19H23N3O2/c1-3-4-18-20-13(2)11-17(22-18)14-5-7-15(8-6-14)19(23)21-16-9-10-24-12-16/h5-8,11,16H,3-4,9-10,12H2,1-2H3,(H,21,23). The third-order valence-electron chi connectivity index (χ3n) is 4.08. The van der Waals surface area contributed by atoms with E-state index in [9.17, 15) is 4.79 Å². The molecule has 5 heteroatoms. The van der Waals surface area contributed by atoms with E-state index in [1.165, 1.54) is 0 Å². The summed E-state index contributed by atoms with van der Waals surface area (Å²) in [5.74, 6) is 0.818. The van der Waals surface area contributed by atoms with E-state index in [1.54, 1.807) is 0 Å². The summed E-state index contributed by atoms with van der Waals surface area (Å²) in [5.41, 5.74) is 3.53. The first-order chi connectivity index (χ1) is 11.7. The van der Waals surface area contributed by atoms with Crippen molar-refractivity contribution >= 4 is 5.91 Å². The Morgan fingerprint density at radius 1 is 1.29 bits per heavy atom. The Bertz CT molecular complexity index is 707. The predicted molar refractivity (Wildman–Crippen MR) is 92.9 cm³/mol. The van der Waals surface area contributed by atoms with Crippen molar-refractivity contribution in [1.82, 2.24) is 15.3 Å². The molecule has 1 aromatic heterocycles. The number of hydrogen-bond acceptors (Lipinski definition) is 4. The van der Waals surface area contributed by atoms with Gasteiger partial charge in [0.2, 0.25) is 0 Å². The second-order valence-corrected chi connectivity index (χ2v) is 6.17. The molecule has 0 spiro atoms. The normalized spacial score (nSPS) is 17.0. The SMILES string of the molecule is CCCc1nc(C)cc(-c2ccc(C(=O)NC3CCOC3)cc2)n1. The highest BCUT2D eigenvalue weighted by Crippen LogP contribution is 2.19. The van der Waals surface area contributed by atoms with Gasteiger partial charge in [0.25, 0.3) is 5.91 Å². The van der Waals surface area contributed by atoms with E-state index in [-0.39, 0.29) is 11.9 Å². The number of carbonyl (C=O) groups excluding carboxylic acids is 1. The first-order valence-electron chi connectivity index (χ1n) is 8.49. The maximum absolute atomic E-state index is 12.2. The molecule has 2 heterocycles. The number of nitrogens with one attached hydrogen (secondary N) is 1. The number of carbonyl (C=O) groups is 1. The van der Waals surface area contributed by atoms with Gasteiger partial charge in [0.1, 0.15) is 5.82 Å². The number of hydrogen-bond donors (Lipinski definition) is 1. The number of aromatic nitrogens is 2. The van der Waals surface area contributed by atoms with Crippen molar-refractivity contribution in [3.63, 3.8) is 0 Å². The molecule has 2 aromatic rings. The van der Waals surface area contributed by atoms with Crippen LogP contribution in [0.15, 0.2) is 30.3 Å². The number of amides is 1. The zero-order valence-corrected chi connectivity index (χ0v) is 14.2. The molecule has 126 valence electrons. The lowest BCUT2D eigenvalue weighted by atomic mass is 10.1. The fourth-order valence-corrected chi connectivity index (χ4v) is 2.82. The molecule has 1 N–H and O–H groups in total. The van der Waals surface area contributed by atoms with E-state index in [1.807, 2.05) is 37.3 Å². The minimum atomic E-state index is -0.0532. The second-order valence-electron chi connectivity index (χ2n) is 6.17. The molecular formula is C19H23N3O2.